The Hall–Kier alpha value is -1.99. The Morgan fingerprint density at radius 3 is 2.88 bits per heavy atom. The lowest BCUT2D eigenvalue weighted by molar-refractivity contribution is -0.373. The van der Waals surface area contributed by atoms with E-state index in [0.29, 0.717) is 0 Å². The van der Waals surface area contributed by atoms with Crippen molar-refractivity contribution in [2.24, 2.45) is 17.3 Å². The van der Waals surface area contributed by atoms with Gasteiger partial charge in [0, 0.05) is 6.08 Å². The van der Waals surface area contributed by atoms with Crippen molar-refractivity contribution in [1.29, 1.82) is 0 Å². The van der Waals surface area contributed by atoms with Crippen molar-refractivity contribution >= 4 is 11.9 Å². The van der Waals surface area contributed by atoms with Crippen LogP contribution in [-0.4, -0.2) is 55.5 Å². The molecule has 1 saturated carbocycles. The number of ether oxygens (including phenoxy) is 2. The second kappa shape index (κ2) is 8.40. The van der Waals surface area contributed by atoms with E-state index in [0.717, 1.165) is 5.23 Å². The van der Waals surface area contributed by atoms with Gasteiger partial charge < -0.3 is 9.47 Å². The first-order chi connectivity index (χ1) is 11.9. The molecule has 0 aromatic rings. The molecule has 25 heavy (non-hydrogen) atoms. The molecule has 2 rings (SSSR count). The number of alkyl halides is 1. The maximum atomic E-state index is 12.2. The molecule has 0 spiro atoms. The van der Waals surface area contributed by atoms with E-state index >= 15 is 0 Å². The van der Waals surface area contributed by atoms with Crippen molar-refractivity contribution < 1.29 is 33.2 Å². The summed E-state index contributed by atoms with van der Waals surface area (Å²) >= 11 is 0. The average Bonchev–Trinajstić information content (AvgIpc) is 2.90. The Morgan fingerprint density at radius 2 is 2.20 bits per heavy atom. The van der Waals surface area contributed by atoms with Gasteiger partial charge in [-0.25, -0.2) is 9.18 Å². The number of rotatable bonds is 8. The molecule has 0 bridgehead atoms. The molecule has 1 aliphatic carbocycles. The van der Waals surface area contributed by atoms with E-state index in [-0.39, 0.29) is 37.9 Å². The number of allylic oxidation sites excluding steroid dienone is 1. The van der Waals surface area contributed by atoms with Crippen molar-refractivity contribution in [2.45, 2.75) is 13.8 Å². The van der Waals surface area contributed by atoms with Gasteiger partial charge in [0.25, 0.3) is 0 Å². The summed E-state index contributed by atoms with van der Waals surface area (Å²) in [7, 11) is 0. The predicted molar refractivity (Wildman–Crippen MR) is 82.2 cm³/mol. The van der Waals surface area contributed by atoms with E-state index in [4.69, 9.17) is 20.9 Å². The summed E-state index contributed by atoms with van der Waals surface area (Å²) in [6.07, 6.45) is 7.95. The Balaban J connectivity index is 1.77. The maximum Gasteiger partial charge on any atom is 0.330 e. The van der Waals surface area contributed by atoms with Gasteiger partial charge in [0.15, 0.2) is 6.73 Å². The molecule has 0 radical (unpaired) electrons. The lowest BCUT2D eigenvalue weighted by Gasteiger charge is -2.13. The summed E-state index contributed by atoms with van der Waals surface area (Å²) in [6, 6.07) is 0. The summed E-state index contributed by atoms with van der Waals surface area (Å²) in [6.45, 7) is 2.94. The highest BCUT2D eigenvalue weighted by atomic mass is 19.1. The van der Waals surface area contributed by atoms with Gasteiger partial charge in [0.1, 0.15) is 20.0 Å². The minimum Gasteiger partial charge on any atom is -0.460 e. The number of halogens is 1. The van der Waals surface area contributed by atoms with Gasteiger partial charge in [-0.05, 0) is 16.6 Å². The highest BCUT2D eigenvalue weighted by Crippen LogP contribution is 2.59. The van der Waals surface area contributed by atoms with Crippen LogP contribution in [0.2, 0.25) is 0 Å². The van der Waals surface area contributed by atoms with Gasteiger partial charge >= 0.3 is 11.9 Å². The van der Waals surface area contributed by atoms with E-state index in [2.05, 4.69) is 10.7 Å². The minimum atomic E-state index is -0.733. The Morgan fingerprint density at radius 1 is 1.44 bits per heavy atom. The van der Waals surface area contributed by atoms with E-state index < -0.39 is 24.5 Å². The van der Waals surface area contributed by atoms with Gasteiger partial charge in [0.05, 0.1) is 12.5 Å². The van der Waals surface area contributed by atoms with Crippen LogP contribution < -0.4 is 0 Å². The zero-order valence-corrected chi connectivity index (χ0v) is 14.1. The van der Waals surface area contributed by atoms with E-state index in [9.17, 15) is 14.0 Å². The van der Waals surface area contributed by atoms with Crippen LogP contribution in [0.1, 0.15) is 13.8 Å². The first-order valence-electron chi connectivity index (χ1n) is 7.74. The van der Waals surface area contributed by atoms with Gasteiger partial charge in [-0.1, -0.05) is 25.8 Å². The van der Waals surface area contributed by atoms with Crippen LogP contribution in [-0.2, 0) is 28.8 Å². The molecule has 138 valence electrons. The average molecular weight is 356 g/mol. The molecule has 0 unspecified atom stereocenters. The summed E-state index contributed by atoms with van der Waals surface area (Å²) in [4.78, 5) is 33.9. The van der Waals surface area contributed by atoms with Crippen LogP contribution in [0.5, 0.6) is 0 Å². The fraction of sp³-hybridized carbons (Fsp3) is 0.625. The van der Waals surface area contributed by atoms with Crippen LogP contribution in [0.25, 0.3) is 0 Å². The Labute approximate surface area is 145 Å². The number of hydrogen-bond acceptors (Lipinski definition) is 8. The highest BCUT2D eigenvalue weighted by Gasteiger charge is 2.61. The molecule has 9 heteroatoms. The second-order valence-corrected chi connectivity index (χ2v) is 6.15. The van der Waals surface area contributed by atoms with Crippen molar-refractivity contribution in [3.05, 3.63) is 12.2 Å². The van der Waals surface area contributed by atoms with Gasteiger partial charge in [-0.2, -0.15) is 4.94 Å². The molecule has 1 aliphatic heterocycles. The van der Waals surface area contributed by atoms with Crippen LogP contribution in [0.3, 0.4) is 0 Å². The standard InChI is InChI=1S/C16H21FN2O6/c1-4-8-18-10-24-19(25-18)11-23-15(21)14-12(16(14,2)3)5-6-13(20)22-9-7-17/h1,5-6,12,14H,7-11H2,2-3H3/t12-,14-/m0/s1. The third-order valence-electron chi connectivity index (χ3n) is 4.06. The third-order valence-corrected chi connectivity index (χ3v) is 4.06. The van der Waals surface area contributed by atoms with Crippen LogP contribution >= 0.6 is 0 Å². The highest BCUT2D eigenvalue weighted by molar-refractivity contribution is 5.83. The van der Waals surface area contributed by atoms with Crippen molar-refractivity contribution in [1.82, 2.24) is 10.3 Å². The fourth-order valence-corrected chi connectivity index (χ4v) is 2.60. The number of esters is 2. The van der Waals surface area contributed by atoms with Gasteiger partial charge in [-0.3, -0.25) is 9.63 Å². The minimum absolute atomic E-state index is 0.142. The lowest BCUT2D eigenvalue weighted by Crippen LogP contribution is -2.26. The van der Waals surface area contributed by atoms with E-state index in [1.54, 1.807) is 6.08 Å². The van der Waals surface area contributed by atoms with Crippen molar-refractivity contribution in [2.75, 3.05) is 33.3 Å². The second-order valence-electron chi connectivity index (χ2n) is 6.15. The third kappa shape index (κ3) is 4.99. The summed E-state index contributed by atoms with van der Waals surface area (Å²) in [5.41, 5.74) is -0.351. The molecule has 1 saturated heterocycles. The number of nitrogens with zero attached hydrogens (tertiary/aromatic N) is 2. The molecule has 0 aromatic carbocycles. The number of carbonyl (C=O) groups is 2. The molecule has 8 nitrogen and oxygen atoms in total. The lowest BCUT2D eigenvalue weighted by atomic mass is 10.1. The molecule has 0 N–H and O–H groups in total. The Bertz CT molecular complexity index is 573. The number of hydrogen-bond donors (Lipinski definition) is 0. The largest absolute Gasteiger partial charge is 0.460 e. The molecule has 2 atom stereocenters. The first-order valence-corrected chi connectivity index (χ1v) is 7.74. The predicted octanol–water partition coefficient (Wildman–Crippen LogP) is 0.815. The van der Waals surface area contributed by atoms with Crippen molar-refractivity contribution in [3.63, 3.8) is 0 Å². The smallest absolute Gasteiger partial charge is 0.330 e. The summed E-state index contributed by atoms with van der Waals surface area (Å²) in [5.74, 6) is 0.755. The topological polar surface area (TPSA) is 77.5 Å². The molecular formula is C16H21FN2O6. The molecule has 0 amide bonds. The van der Waals surface area contributed by atoms with E-state index in [1.807, 2.05) is 13.8 Å². The zero-order chi connectivity index (χ0) is 18.4. The van der Waals surface area contributed by atoms with Crippen LogP contribution in [0, 0.1) is 29.6 Å². The summed E-state index contributed by atoms with van der Waals surface area (Å²) in [5, 5.41) is 2.40. The number of terminal acetylenes is 1. The SMILES string of the molecule is C#CCN1CON(COC(=O)[C@@H]2[C@H](C=CC(=O)OCCF)C2(C)C)O1. The zero-order valence-electron chi connectivity index (χ0n) is 14.1. The van der Waals surface area contributed by atoms with E-state index in [1.165, 1.54) is 11.1 Å². The van der Waals surface area contributed by atoms with Crippen molar-refractivity contribution in [3.8, 4) is 12.3 Å². The molecule has 2 fully saturated rings. The molecular weight excluding hydrogens is 335 g/mol. The van der Waals surface area contributed by atoms with Gasteiger partial charge in [0.2, 0.25) is 0 Å². The Kier molecular flexibility index (Phi) is 6.50. The number of carbonyl (C=O) groups excluding carboxylic acids is 2. The molecule has 0 aromatic heterocycles. The molecule has 2 aliphatic rings. The normalized spacial score (nSPS) is 25.7. The fourth-order valence-electron chi connectivity index (χ4n) is 2.60. The molecule has 1 heterocycles. The van der Waals surface area contributed by atoms with Crippen LogP contribution in [0.4, 0.5) is 4.39 Å². The summed E-state index contributed by atoms with van der Waals surface area (Å²) < 4.78 is 21.7. The van der Waals surface area contributed by atoms with Crippen LogP contribution in [0.15, 0.2) is 12.2 Å². The monoisotopic (exact) mass is 356 g/mol. The first kappa shape index (κ1) is 19.3. The number of hydroxylamine groups is 4. The van der Waals surface area contributed by atoms with Gasteiger partial charge in [-0.15, -0.1) is 11.5 Å². The maximum absolute atomic E-state index is 12.2. The quantitative estimate of drug-likeness (QED) is 0.359.